The van der Waals surface area contributed by atoms with E-state index in [0.717, 1.165) is 28.2 Å². The van der Waals surface area contributed by atoms with Gasteiger partial charge in [0.1, 0.15) is 5.75 Å². The molecule has 0 saturated carbocycles. The van der Waals surface area contributed by atoms with Gasteiger partial charge in [0.2, 0.25) is 0 Å². The summed E-state index contributed by atoms with van der Waals surface area (Å²) in [4.78, 5) is 16.8. The SMILES string of the molecule is CCC1=NC(=O)/C(=C/c2cc(C(C)(C)C)c(O)c(C(C)(C)C)c2)S1. The highest BCUT2D eigenvalue weighted by molar-refractivity contribution is 8.18. The number of aromatic hydroxyl groups is 1. The van der Waals surface area contributed by atoms with Crippen LogP contribution in [0.15, 0.2) is 22.0 Å². The lowest BCUT2D eigenvalue weighted by Crippen LogP contribution is -2.17. The van der Waals surface area contributed by atoms with Gasteiger partial charge in [-0.2, -0.15) is 0 Å². The summed E-state index contributed by atoms with van der Waals surface area (Å²) in [5.41, 5.74) is 2.36. The molecular formula is C20H27NO2S. The molecule has 1 aliphatic rings. The average molecular weight is 346 g/mol. The first kappa shape index (κ1) is 18.8. The van der Waals surface area contributed by atoms with E-state index < -0.39 is 0 Å². The van der Waals surface area contributed by atoms with Crippen LogP contribution in [0, 0.1) is 0 Å². The van der Waals surface area contributed by atoms with Gasteiger partial charge in [0.15, 0.2) is 0 Å². The smallest absolute Gasteiger partial charge is 0.284 e. The Morgan fingerprint density at radius 2 is 1.58 bits per heavy atom. The van der Waals surface area contributed by atoms with Crippen molar-refractivity contribution in [3.8, 4) is 5.75 Å². The molecule has 130 valence electrons. The molecule has 1 heterocycles. The lowest BCUT2D eigenvalue weighted by molar-refractivity contribution is -0.113. The molecule has 0 atom stereocenters. The highest BCUT2D eigenvalue weighted by atomic mass is 32.2. The summed E-state index contributed by atoms with van der Waals surface area (Å²) in [5.74, 6) is 0.188. The van der Waals surface area contributed by atoms with Crippen LogP contribution >= 0.6 is 11.8 Å². The van der Waals surface area contributed by atoms with Crippen LogP contribution in [0.25, 0.3) is 6.08 Å². The standard InChI is InChI=1S/C20H27NO2S/c1-8-16-21-18(23)15(24-16)11-12-9-13(19(2,3)4)17(22)14(10-12)20(5,6)7/h9-11,22H,8H2,1-7H3/b15-11-. The summed E-state index contributed by atoms with van der Waals surface area (Å²) in [6.45, 7) is 14.5. The third kappa shape index (κ3) is 3.92. The molecule has 1 aromatic rings. The molecule has 2 rings (SSSR count). The van der Waals surface area contributed by atoms with E-state index in [2.05, 4.69) is 46.5 Å². The Morgan fingerprint density at radius 3 is 1.96 bits per heavy atom. The molecule has 0 saturated heterocycles. The molecule has 4 heteroatoms. The Morgan fingerprint density at radius 1 is 1.08 bits per heavy atom. The van der Waals surface area contributed by atoms with Crippen LogP contribution in [0.3, 0.4) is 0 Å². The minimum Gasteiger partial charge on any atom is -0.507 e. The van der Waals surface area contributed by atoms with E-state index in [4.69, 9.17) is 0 Å². The molecule has 1 amide bonds. The molecule has 1 aliphatic heterocycles. The molecule has 0 spiro atoms. The van der Waals surface area contributed by atoms with Gasteiger partial charge in [-0.05, 0) is 41.0 Å². The maximum atomic E-state index is 12.1. The zero-order valence-corrected chi connectivity index (χ0v) is 16.5. The van der Waals surface area contributed by atoms with Crippen LogP contribution in [-0.4, -0.2) is 16.1 Å². The maximum Gasteiger partial charge on any atom is 0.284 e. The van der Waals surface area contributed by atoms with Gasteiger partial charge in [0, 0.05) is 11.1 Å². The molecule has 0 fully saturated rings. The maximum absolute atomic E-state index is 12.1. The molecule has 0 radical (unpaired) electrons. The Hall–Kier alpha value is -1.55. The second kappa shape index (κ2) is 6.40. The van der Waals surface area contributed by atoms with Crippen molar-refractivity contribution < 1.29 is 9.90 Å². The van der Waals surface area contributed by atoms with Gasteiger partial charge >= 0.3 is 0 Å². The van der Waals surface area contributed by atoms with Crippen LogP contribution in [0.4, 0.5) is 0 Å². The van der Waals surface area contributed by atoms with Gasteiger partial charge in [-0.15, -0.1) is 0 Å². The van der Waals surface area contributed by atoms with Crippen molar-refractivity contribution in [3.05, 3.63) is 33.7 Å². The normalized spacial score (nSPS) is 17.5. The van der Waals surface area contributed by atoms with Crippen LogP contribution in [0.2, 0.25) is 0 Å². The van der Waals surface area contributed by atoms with Gasteiger partial charge in [0.25, 0.3) is 5.91 Å². The molecule has 1 N–H and O–H groups in total. The van der Waals surface area contributed by atoms with Gasteiger partial charge in [-0.25, -0.2) is 4.99 Å². The third-order valence-electron chi connectivity index (χ3n) is 4.01. The fraction of sp³-hybridized carbons (Fsp3) is 0.500. The number of nitrogens with zero attached hydrogens (tertiary/aromatic N) is 1. The van der Waals surface area contributed by atoms with Crippen molar-refractivity contribution in [2.75, 3.05) is 0 Å². The minimum absolute atomic E-state index is 0.167. The number of amides is 1. The Kier molecular flexibility index (Phi) is 5.01. The number of hydrogen-bond acceptors (Lipinski definition) is 3. The first-order valence-corrected chi connectivity index (χ1v) is 9.14. The Balaban J connectivity index is 2.58. The molecular weight excluding hydrogens is 318 g/mol. The zero-order valence-electron chi connectivity index (χ0n) is 15.7. The van der Waals surface area contributed by atoms with E-state index in [0.29, 0.717) is 10.7 Å². The molecule has 0 bridgehead atoms. The van der Waals surface area contributed by atoms with Crippen LogP contribution < -0.4 is 0 Å². The first-order valence-electron chi connectivity index (χ1n) is 8.33. The highest BCUT2D eigenvalue weighted by Crippen LogP contribution is 2.41. The average Bonchev–Trinajstić information content (AvgIpc) is 2.78. The lowest BCUT2D eigenvalue weighted by Gasteiger charge is -2.28. The predicted molar refractivity (Wildman–Crippen MR) is 104 cm³/mol. The van der Waals surface area contributed by atoms with Gasteiger partial charge in [-0.3, -0.25) is 4.79 Å². The van der Waals surface area contributed by atoms with Crippen LogP contribution in [-0.2, 0) is 15.6 Å². The number of phenols is 1. The summed E-state index contributed by atoms with van der Waals surface area (Å²) in [7, 11) is 0. The van der Waals surface area contributed by atoms with E-state index in [-0.39, 0.29) is 16.7 Å². The van der Waals surface area contributed by atoms with Gasteiger partial charge < -0.3 is 5.11 Å². The van der Waals surface area contributed by atoms with Crippen molar-refractivity contribution >= 4 is 28.8 Å². The summed E-state index contributed by atoms with van der Waals surface area (Å²) in [6.07, 6.45) is 2.66. The van der Waals surface area contributed by atoms with Crippen LogP contribution in [0.1, 0.15) is 71.6 Å². The third-order valence-corrected chi connectivity index (χ3v) is 5.14. The molecule has 0 aliphatic carbocycles. The molecule has 3 nitrogen and oxygen atoms in total. The molecule has 0 aromatic heterocycles. The van der Waals surface area contributed by atoms with Crippen molar-refractivity contribution in [2.45, 2.75) is 65.7 Å². The number of benzene rings is 1. The van der Waals surface area contributed by atoms with E-state index in [1.54, 1.807) is 0 Å². The number of rotatable bonds is 2. The predicted octanol–water partition coefficient (Wildman–Crippen LogP) is 5.41. The Labute approximate surface area is 149 Å². The van der Waals surface area contributed by atoms with E-state index >= 15 is 0 Å². The number of carbonyl (C=O) groups is 1. The number of carbonyl (C=O) groups excluding carboxylic acids is 1. The highest BCUT2D eigenvalue weighted by Gasteiger charge is 2.27. The van der Waals surface area contributed by atoms with Crippen molar-refractivity contribution in [1.82, 2.24) is 0 Å². The fourth-order valence-corrected chi connectivity index (χ4v) is 3.49. The minimum atomic E-state index is -0.184. The second-order valence-corrected chi connectivity index (χ2v) is 9.35. The monoisotopic (exact) mass is 345 g/mol. The van der Waals surface area contributed by atoms with Crippen molar-refractivity contribution in [1.29, 1.82) is 0 Å². The Bertz CT molecular complexity index is 696. The van der Waals surface area contributed by atoms with Gasteiger partial charge in [0.05, 0.1) is 9.95 Å². The van der Waals surface area contributed by atoms with Crippen molar-refractivity contribution in [3.63, 3.8) is 0 Å². The lowest BCUT2D eigenvalue weighted by atomic mass is 9.78. The van der Waals surface area contributed by atoms with E-state index in [1.807, 2.05) is 25.1 Å². The van der Waals surface area contributed by atoms with Crippen molar-refractivity contribution in [2.24, 2.45) is 4.99 Å². The summed E-state index contributed by atoms with van der Waals surface area (Å²) in [6, 6.07) is 3.96. The largest absolute Gasteiger partial charge is 0.507 e. The summed E-state index contributed by atoms with van der Waals surface area (Å²) < 4.78 is 0. The van der Waals surface area contributed by atoms with E-state index in [1.165, 1.54) is 11.8 Å². The number of aliphatic imine (C=N–C) groups is 1. The number of hydrogen-bond donors (Lipinski definition) is 1. The first-order chi connectivity index (χ1) is 10.9. The quantitative estimate of drug-likeness (QED) is 0.729. The van der Waals surface area contributed by atoms with Gasteiger partial charge in [-0.1, -0.05) is 60.2 Å². The summed E-state index contributed by atoms with van der Waals surface area (Å²) in [5, 5.41) is 11.6. The zero-order chi connectivity index (χ0) is 18.3. The molecule has 24 heavy (non-hydrogen) atoms. The second-order valence-electron chi connectivity index (χ2n) is 8.24. The molecule has 1 aromatic carbocycles. The van der Waals surface area contributed by atoms with Crippen LogP contribution in [0.5, 0.6) is 5.75 Å². The fourth-order valence-electron chi connectivity index (χ4n) is 2.64. The summed E-state index contributed by atoms with van der Waals surface area (Å²) >= 11 is 1.44. The topological polar surface area (TPSA) is 49.7 Å². The number of thioether (sulfide) groups is 1. The molecule has 0 unspecified atom stereocenters. The number of phenolic OH excluding ortho intramolecular Hbond substituents is 1. The van der Waals surface area contributed by atoms with E-state index in [9.17, 15) is 9.90 Å².